The SMILES string of the molecule is Fc1ccccc1C1=NCCNc2ccc(I)cc21. The van der Waals surface area contributed by atoms with Crippen LogP contribution >= 0.6 is 22.6 Å². The van der Waals surface area contributed by atoms with Crippen LogP contribution in [0.25, 0.3) is 0 Å². The van der Waals surface area contributed by atoms with Gasteiger partial charge in [-0.2, -0.15) is 0 Å². The second-order valence-corrected chi connectivity index (χ2v) is 5.57. The van der Waals surface area contributed by atoms with Gasteiger partial charge in [-0.3, -0.25) is 4.99 Å². The summed E-state index contributed by atoms with van der Waals surface area (Å²) in [5.74, 6) is -0.229. The van der Waals surface area contributed by atoms with E-state index < -0.39 is 0 Å². The van der Waals surface area contributed by atoms with Crippen LogP contribution in [-0.4, -0.2) is 18.8 Å². The molecule has 0 spiro atoms. The van der Waals surface area contributed by atoms with Crippen molar-refractivity contribution in [3.8, 4) is 0 Å². The van der Waals surface area contributed by atoms with Crippen molar-refractivity contribution in [2.75, 3.05) is 18.4 Å². The summed E-state index contributed by atoms with van der Waals surface area (Å²) in [5.41, 5.74) is 3.28. The molecule has 0 amide bonds. The number of hydrogen-bond donors (Lipinski definition) is 1. The van der Waals surface area contributed by atoms with Gasteiger partial charge in [-0.15, -0.1) is 0 Å². The number of aliphatic imine (C=N–C) groups is 1. The Morgan fingerprint density at radius 3 is 2.79 bits per heavy atom. The van der Waals surface area contributed by atoms with Gasteiger partial charge in [0, 0.05) is 26.9 Å². The first-order valence-electron chi connectivity index (χ1n) is 6.09. The van der Waals surface area contributed by atoms with Crippen LogP contribution in [0, 0.1) is 9.39 Å². The number of nitrogens with zero attached hydrogens (tertiary/aromatic N) is 1. The Morgan fingerprint density at radius 2 is 1.95 bits per heavy atom. The summed E-state index contributed by atoms with van der Waals surface area (Å²) in [6.07, 6.45) is 0. The van der Waals surface area contributed by atoms with Crippen molar-refractivity contribution in [2.24, 2.45) is 4.99 Å². The second-order valence-electron chi connectivity index (χ2n) is 4.33. The van der Waals surface area contributed by atoms with E-state index in [0.29, 0.717) is 12.1 Å². The molecule has 1 N–H and O–H groups in total. The molecule has 0 bridgehead atoms. The Morgan fingerprint density at radius 1 is 1.11 bits per heavy atom. The number of halogens is 2. The lowest BCUT2D eigenvalue weighted by Gasteiger charge is -2.11. The number of benzene rings is 2. The van der Waals surface area contributed by atoms with Gasteiger partial charge in [-0.05, 0) is 52.9 Å². The molecule has 0 aromatic heterocycles. The zero-order valence-electron chi connectivity index (χ0n) is 10.2. The van der Waals surface area contributed by atoms with Crippen molar-refractivity contribution < 1.29 is 4.39 Å². The lowest BCUT2D eigenvalue weighted by Crippen LogP contribution is -2.07. The Labute approximate surface area is 124 Å². The van der Waals surface area contributed by atoms with Crippen LogP contribution in [0.4, 0.5) is 10.1 Å². The molecule has 0 saturated heterocycles. The monoisotopic (exact) mass is 366 g/mol. The maximum absolute atomic E-state index is 14.0. The molecule has 1 aliphatic heterocycles. The van der Waals surface area contributed by atoms with Gasteiger partial charge in [0.15, 0.2) is 0 Å². The molecular formula is C15H12FIN2. The van der Waals surface area contributed by atoms with E-state index in [2.05, 4.69) is 32.9 Å². The van der Waals surface area contributed by atoms with Gasteiger partial charge in [0.05, 0.1) is 12.3 Å². The van der Waals surface area contributed by atoms with Crippen molar-refractivity contribution in [1.29, 1.82) is 0 Å². The van der Waals surface area contributed by atoms with E-state index in [4.69, 9.17) is 0 Å². The highest BCUT2D eigenvalue weighted by atomic mass is 127. The molecular weight excluding hydrogens is 354 g/mol. The lowest BCUT2D eigenvalue weighted by atomic mass is 10.0. The molecule has 0 saturated carbocycles. The molecule has 2 aromatic carbocycles. The van der Waals surface area contributed by atoms with Crippen LogP contribution in [-0.2, 0) is 0 Å². The first-order valence-corrected chi connectivity index (χ1v) is 7.17. The molecule has 1 heterocycles. The molecule has 0 unspecified atom stereocenters. The van der Waals surface area contributed by atoms with Crippen LogP contribution in [0.5, 0.6) is 0 Å². The topological polar surface area (TPSA) is 24.4 Å². The van der Waals surface area contributed by atoms with Crippen LogP contribution in [0.3, 0.4) is 0 Å². The zero-order chi connectivity index (χ0) is 13.2. The minimum Gasteiger partial charge on any atom is -0.383 e. The Hall–Kier alpha value is -1.43. The van der Waals surface area contributed by atoms with Crippen molar-refractivity contribution >= 4 is 34.0 Å². The molecule has 0 atom stereocenters. The summed E-state index contributed by atoms with van der Waals surface area (Å²) >= 11 is 2.26. The van der Waals surface area contributed by atoms with E-state index in [9.17, 15) is 4.39 Å². The summed E-state index contributed by atoms with van der Waals surface area (Å²) in [5, 5.41) is 3.33. The molecule has 19 heavy (non-hydrogen) atoms. The second kappa shape index (κ2) is 5.28. The smallest absolute Gasteiger partial charge is 0.132 e. The standard InChI is InChI=1S/C15H12FIN2/c16-13-4-2-1-3-11(13)15-12-9-10(17)5-6-14(12)18-7-8-19-15/h1-6,9,18H,7-8H2. The molecule has 3 rings (SSSR count). The predicted octanol–water partition coefficient (Wildman–Crippen LogP) is 3.69. The molecule has 4 heteroatoms. The van der Waals surface area contributed by atoms with Crippen molar-refractivity contribution in [3.63, 3.8) is 0 Å². The van der Waals surface area contributed by atoms with Crippen LogP contribution < -0.4 is 5.32 Å². The van der Waals surface area contributed by atoms with E-state index >= 15 is 0 Å². The summed E-state index contributed by atoms with van der Waals surface area (Å²) < 4.78 is 15.1. The number of fused-ring (bicyclic) bond motifs is 1. The average Bonchev–Trinajstić information content (AvgIpc) is 2.61. The average molecular weight is 366 g/mol. The van der Waals surface area contributed by atoms with E-state index in [1.54, 1.807) is 12.1 Å². The molecule has 0 aliphatic carbocycles. The summed E-state index contributed by atoms with van der Waals surface area (Å²) in [4.78, 5) is 4.55. The minimum absolute atomic E-state index is 0.229. The number of nitrogens with one attached hydrogen (secondary N) is 1. The lowest BCUT2D eigenvalue weighted by molar-refractivity contribution is 0.625. The molecule has 0 radical (unpaired) electrons. The van der Waals surface area contributed by atoms with Crippen molar-refractivity contribution in [3.05, 3.63) is 63.0 Å². The van der Waals surface area contributed by atoms with E-state index in [-0.39, 0.29) is 5.82 Å². The third kappa shape index (κ3) is 2.49. The van der Waals surface area contributed by atoms with Gasteiger partial charge in [0.25, 0.3) is 0 Å². The van der Waals surface area contributed by atoms with Crippen LogP contribution in [0.15, 0.2) is 47.5 Å². The number of anilines is 1. The van der Waals surface area contributed by atoms with Gasteiger partial charge >= 0.3 is 0 Å². The van der Waals surface area contributed by atoms with Gasteiger partial charge in [0.1, 0.15) is 5.82 Å². The molecule has 0 fully saturated rings. The molecule has 2 nitrogen and oxygen atoms in total. The van der Waals surface area contributed by atoms with Gasteiger partial charge in [0.2, 0.25) is 0 Å². The Balaban J connectivity index is 2.20. The highest BCUT2D eigenvalue weighted by molar-refractivity contribution is 14.1. The fourth-order valence-corrected chi connectivity index (χ4v) is 2.68. The maximum atomic E-state index is 14.0. The summed E-state index contributed by atoms with van der Waals surface area (Å²) in [6.45, 7) is 1.42. The van der Waals surface area contributed by atoms with E-state index in [1.165, 1.54) is 6.07 Å². The van der Waals surface area contributed by atoms with Gasteiger partial charge in [-0.1, -0.05) is 12.1 Å². The minimum atomic E-state index is -0.229. The fraction of sp³-hybridized carbons (Fsp3) is 0.133. The first-order chi connectivity index (χ1) is 9.25. The highest BCUT2D eigenvalue weighted by Crippen LogP contribution is 2.25. The zero-order valence-corrected chi connectivity index (χ0v) is 12.3. The number of hydrogen-bond acceptors (Lipinski definition) is 2. The number of benzodiazepines with no additional fused rings is 1. The Kier molecular flexibility index (Phi) is 3.50. The molecule has 96 valence electrons. The third-order valence-corrected chi connectivity index (χ3v) is 3.73. The van der Waals surface area contributed by atoms with E-state index in [0.717, 1.165) is 27.1 Å². The Bertz CT molecular complexity index is 652. The van der Waals surface area contributed by atoms with Gasteiger partial charge in [-0.25, -0.2) is 4.39 Å². The third-order valence-electron chi connectivity index (χ3n) is 3.06. The number of rotatable bonds is 1. The fourth-order valence-electron chi connectivity index (χ4n) is 2.19. The van der Waals surface area contributed by atoms with Crippen molar-refractivity contribution in [2.45, 2.75) is 0 Å². The highest BCUT2D eigenvalue weighted by Gasteiger charge is 2.17. The quantitative estimate of drug-likeness (QED) is 0.765. The molecule has 2 aromatic rings. The molecule has 1 aliphatic rings. The first kappa shape index (κ1) is 12.6. The predicted molar refractivity (Wildman–Crippen MR) is 84.6 cm³/mol. The van der Waals surface area contributed by atoms with Crippen LogP contribution in [0.1, 0.15) is 11.1 Å². The largest absolute Gasteiger partial charge is 0.383 e. The normalized spacial score (nSPS) is 14.1. The van der Waals surface area contributed by atoms with E-state index in [1.807, 2.05) is 24.3 Å². The summed E-state index contributed by atoms with van der Waals surface area (Å²) in [6, 6.07) is 12.9. The van der Waals surface area contributed by atoms with Gasteiger partial charge < -0.3 is 5.32 Å². The van der Waals surface area contributed by atoms with Crippen molar-refractivity contribution in [1.82, 2.24) is 0 Å². The summed E-state index contributed by atoms with van der Waals surface area (Å²) in [7, 11) is 0. The maximum Gasteiger partial charge on any atom is 0.132 e. The van der Waals surface area contributed by atoms with Crippen LogP contribution in [0.2, 0.25) is 0 Å².